The summed E-state index contributed by atoms with van der Waals surface area (Å²) in [5, 5.41) is 9.83. The Morgan fingerprint density at radius 2 is 2.00 bits per heavy atom. The number of aromatic nitrogens is 1. The lowest BCUT2D eigenvalue weighted by Gasteiger charge is -2.10. The molecule has 5 nitrogen and oxygen atoms in total. The molecule has 0 aliphatic carbocycles. The number of anilines is 1. The van der Waals surface area contributed by atoms with Crippen LogP contribution in [0.25, 0.3) is 10.9 Å². The Kier molecular flexibility index (Phi) is 3.35. The number of fused-ring (bicyclic) bond motifs is 1. The molecule has 0 spiro atoms. The zero-order chi connectivity index (χ0) is 15.7. The van der Waals surface area contributed by atoms with Crippen LogP contribution in [0.2, 0.25) is 0 Å². The highest BCUT2D eigenvalue weighted by molar-refractivity contribution is 7.92. The average molecular weight is 311 g/mol. The zero-order valence-electron chi connectivity index (χ0n) is 11.8. The minimum absolute atomic E-state index is 0.0627. The van der Waals surface area contributed by atoms with Gasteiger partial charge in [-0.3, -0.25) is 4.72 Å². The van der Waals surface area contributed by atoms with Crippen molar-refractivity contribution >= 4 is 26.6 Å². The van der Waals surface area contributed by atoms with E-state index in [0.717, 1.165) is 16.5 Å². The van der Waals surface area contributed by atoms with Crippen LogP contribution >= 0.6 is 0 Å². The first-order valence-electron chi connectivity index (χ1n) is 6.60. The summed E-state index contributed by atoms with van der Waals surface area (Å²) in [5.41, 5.74) is 2.47. The van der Waals surface area contributed by atoms with E-state index in [1.807, 2.05) is 25.1 Å². The van der Waals surface area contributed by atoms with Gasteiger partial charge in [-0.25, -0.2) is 8.42 Å². The first-order chi connectivity index (χ1) is 10.5. The van der Waals surface area contributed by atoms with Gasteiger partial charge in [0.05, 0.1) is 27.7 Å². The molecule has 0 atom stereocenters. The first-order valence-corrected chi connectivity index (χ1v) is 8.09. The van der Waals surface area contributed by atoms with Crippen LogP contribution in [0.4, 0.5) is 5.69 Å². The van der Waals surface area contributed by atoms with Crippen molar-refractivity contribution in [2.45, 2.75) is 11.8 Å². The molecule has 6 heteroatoms. The van der Waals surface area contributed by atoms with E-state index in [9.17, 15) is 8.42 Å². The second-order valence-corrected chi connectivity index (χ2v) is 6.68. The van der Waals surface area contributed by atoms with Crippen LogP contribution in [0.1, 0.15) is 11.1 Å². The average Bonchev–Trinajstić information content (AvgIpc) is 2.95. The van der Waals surface area contributed by atoms with Gasteiger partial charge >= 0.3 is 0 Å². The van der Waals surface area contributed by atoms with Crippen molar-refractivity contribution in [2.24, 2.45) is 0 Å². The quantitative estimate of drug-likeness (QED) is 0.779. The summed E-state index contributed by atoms with van der Waals surface area (Å²) in [5.74, 6) is 0. The Morgan fingerprint density at radius 1 is 1.18 bits per heavy atom. The van der Waals surface area contributed by atoms with E-state index >= 15 is 0 Å². The molecule has 110 valence electrons. The van der Waals surface area contributed by atoms with E-state index in [-0.39, 0.29) is 4.90 Å². The van der Waals surface area contributed by atoms with Crippen molar-refractivity contribution in [1.29, 1.82) is 5.26 Å². The predicted octanol–water partition coefficient (Wildman–Crippen LogP) is 3.15. The lowest BCUT2D eigenvalue weighted by molar-refractivity contribution is 0.601. The highest BCUT2D eigenvalue weighted by Crippen LogP contribution is 2.26. The van der Waals surface area contributed by atoms with Gasteiger partial charge < -0.3 is 4.98 Å². The number of nitriles is 1. The second kappa shape index (κ2) is 5.20. The number of hydrogen-bond acceptors (Lipinski definition) is 3. The molecule has 2 N–H and O–H groups in total. The molecule has 22 heavy (non-hydrogen) atoms. The molecule has 0 fully saturated rings. The number of nitrogens with zero attached hydrogens (tertiary/aromatic N) is 1. The number of H-pyrrole nitrogens is 1. The highest BCUT2D eigenvalue weighted by Gasteiger charge is 2.16. The minimum Gasteiger partial charge on any atom is -0.359 e. The Balaban J connectivity index is 2.07. The third-order valence-electron chi connectivity index (χ3n) is 3.32. The van der Waals surface area contributed by atoms with Gasteiger partial charge in [-0.2, -0.15) is 5.26 Å². The number of benzene rings is 2. The molecule has 2 aromatic carbocycles. The number of nitrogens with one attached hydrogen (secondary N) is 2. The fraction of sp³-hybridized carbons (Fsp3) is 0.0625. The number of rotatable bonds is 3. The van der Waals surface area contributed by atoms with E-state index in [1.54, 1.807) is 24.4 Å². The fourth-order valence-corrected chi connectivity index (χ4v) is 3.45. The lowest BCUT2D eigenvalue weighted by Crippen LogP contribution is -2.13. The van der Waals surface area contributed by atoms with Crippen molar-refractivity contribution in [2.75, 3.05) is 4.72 Å². The topological polar surface area (TPSA) is 85.8 Å². The minimum atomic E-state index is -3.75. The first kappa shape index (κ1) is 14.2. The standard InChI is InChI=1S/C16H13N3O2S/c1-11-7-13-5-6-18-16(13)15(8-11)19-22(20,21)14-4-2-3-12(9-14)10-17/h2-9,18-19H,1H3. The molecule has 0 bridgehead atoms. The van der Waals surface area contributed by atoms with Gasteiger partial charge in [0.1, 0.15) is 0 Å². The largest absolute Gasteiger partial charge is 0.359 e. The molecule has 0 amide bonds. The van der Waals surface area contributed by atoms with Gasteiger partial charge in [0.2, 0.25) is 0 Å². The SMILES string of the molecule is Cc1cc(NS(=O)(=O)c2cccc(C#N)c2)c2[nH]ccc2c1. The number of hydrogen-bond donors (Lipinski definition) is 2. The van der Waals surface area contributed by atoms with Crippen LogP contribution in [0.15, 0.2) is 53.6 Å². The summed E-state index contributed by atoms with van der Waals surface area (Å²) in [6.07, 6.45) is 1.76. The lowest BCUT2D eigenvalue weighted by atomic mass is 10.1. The second-order valence-electron chi connectivity index (χ2n) is 5.00. The van der Waals surface area contributed by atoms with Crippen LogP contribution in [0.3, 0.4) is 0 Å². The van der Waals surface area contributed by atoms with Crippen molar-refractivity contribution in [3.05, 3.63) is 59.8 Å². The van der Waals surface area contributed by atoms with Crippen molar-refractivity contribution < 1.29 is 8.42 Å². The maximum atomic E-state index is 12.5. The molecule has 1 aromatic heterocycles. The molecular formula is C16H13N3O2S. The third kappa shape index (κ3) is 2.54. The van der Waals surface area contributed by atoms with E-state index in [4.69, 9.17) is 5.26 Å². The van der Waals surface area contributed by atoms with Gasteiger partial charge in [-0.05, 0) is 48.9 Å². The number of sulfonamides is 1. The molecular weight excluding hydrogens is 298 g/mol. The molecule has 0 aliphatic rings. The van der Waals surface area contributed by atoms with Crippen LogP contribution in [0, 0.1) is 18.3 Å². The molecule has 0 aliphatic heterocycles. The smallest absolute Gasteiger partial charge is 0.262 e. The normalized spacial score (nSPS) is 11.3. The fourth-order valence-electron chi connectivity index (χ4n) is 2.34. The number of aromatic amines is 1. The van der Waals surface area contributed by atoms with Crippen LogP contribution < -0.4 is 4.72 Å². The van der Waals surface area contributed by atoms with Crippen LogP contribution in [-0.4, -0.2) is 13.4 Å². The van der Waals surface area contributed by atoms with E-state index in [0.29, 0.717) is 11.3 Å². The Bertz CT molecular complexity index is 998. The molecule has 0 radical (unpaired) electrons. The maximum Gasteiger partial charge on any atom is 0.262 e. The van der Waals surface area contributed by atoms with Crippen molar-refractivity contribution in [1.82, 2.24) is 4.98 Å². The molecule has 1 heterocycles. The maximum absolute atomic E-state index is 12.5. The zero-order valence-corrected chi connectivity index (χ0v) is 12.6. The third-order valence-corrected chi connectivity index (χ3v) is 4.68. The molecule has 3 aromatic rings. The molecule has 0 saturated heterocycles. The van der Waals surface area contributed by atoms with E-state index in [2.05, 4.69) is 9.71 Å². The summed E-state index contributed by atoms with van der Waals surface area (Å²) in [6, 6.07) is 13.5. The Labute approximate surface area is 128 Å². The molecule has 0 unspecified atom stereocenters. The summed E-state index contributed by atoms with van der Waals surface area (Å²) >= 11 is 0. The van der Waals surface area contributed by atoms with Crippen molar-refractivity contribution in [3.8, 4) is 6.07 Å². The molecule has 0 saturated carbocycles. The summed E-state index contributed by atoms with van der Waals surface area (Å²) in [7, 11) is -3.75. The van der Waals surface area contributed by atoms with Gasteiger partial charge in [0.15, 0.2) is 0 Å². The highest BCUT2D eigenvalue weighted by atomic mass is 32.2. The summed E-state index contributed by atoms with van der Waals surface area (Å²) in [4.78, 5) is 3.10. The van der Waals surface area contributed by atoms with E-state index < -0.39 is 10.0 Å². The Hall–Kier alpha value is -2.78. The van der Waals surface area contributed by atoms with Gasteiger partial charge in [-0.1, -0.05) is 6.07 Å². The Morgan fingerprint density at radius 3 is 2.77 bits per heavy atom. The van der Waals surface area contributed by atoms with Gasteiger partial charge in [0.25, 0.3) is 10.0 Å². The number of aryl methyl sites for hydroxylation is 1. The van der Waals surface area contributed by atoms with Gasteiger partial charge in [-0.15, -0.1) is 0 Å². The van der Waals surface area contributed by atoms with E-state index in [1.165, 1.54) is 12.1 Å². The van der Waals surface area contributed by atoms with Crippen LogP contribution in [-0.2, 0) is 10.0 Å². The van der Waals surface area contributed by atoms with Gasteiger partial charge in [0, 0.05) is 11.6 Å². The predicted molar refractivity (Wildman–Crippen MR) is 85.0 cm³/mol. The summed E-state index contributed by atoms with van der Waals surface area (Å²) in [6.45, 7) is 1.90. The van der Waals surface area contributed by atoms with Crippen LogP contribution in [0.5, 0.6) is 0 Å². The molecule has 3 rings (SSSR count). The monoisotopic (exact) mass is 311 g/mol. The van der Waals surface area contributed by atoms with Crippen molar-refractivity contribution in [3.63, 3.8) is 0 Å². The summed E-state index contributed by atoms with van der Waals surface area (Å²) < 4.78 is 27.6.